The molecule has 0 spiro atoms. The molecule has 0 saturated carbocycles. The molecule has 8 heteroatoms. The van der Waals surface area contributed by atoms with Crippen molar-refractivity contribution >= 4 is 0 Å². The van der Waals surface area contributed by atoms with Crippen LogP contribution in [0.1, 0.15) is 17.2 Å². The van der Waals surface area contributed by atoms with E-state index in [2.05, 4.69) is 5.10 Å². The van der Waals surface area contributed by atoms with E-state index in [1.165, 1.54) is 5.56 Å². The van der Waals surface area contributed by atoms with Crippen LogP contribution in [0.5, 0.6) is 11.5 Å². The lowest BCUT2D eigenvalue weighted by molar-refractivity contribution is 0.171. The lowest BCUT2D eigenvalue weighted by Crippen LogP contribution is -2.15. The first-order valence-electron chi connectivity index (χ1n) is 9.04. The summed E-state index contributed by atoms with van der Waals surface area (Å²) in [6.45, 7) is 1.72. The molecule has 3 heterocycles. The largest absolute Gasteiger partial charge is 0.486 e. The Morgan fingerprint density at radius 2 is 1.96 bits per heavy atom. The van der Waals surface area contributed by atoms with Gasteiger partial charge in [-0.3, -0.25) is 4.68 Å². The molecule has 142 valence electrons. The van der Waals surface area contributed by atoms with E-state index in [9.17, 15) is 0 Å². The topological polar surface area (TPSA) is 76.2 Å². The average molecular weight is 369 g/mol. The van der Waals surface area contributed by atoms with Crippen LogP contribution < -0.4 is 9.47 Å². The smallest absolute Gasteiger partial charge is 0.163 e. The third kappa shape index (κ3) is 3.95. The van der Waals surface area contributed by atoms with E-state index < -0.39 is 0 Å². The minimum Gasteiger partial charge on any atom is -0.486 e. The van der Waals surface area contributed by atoms with Crippen molar-refractivity contribution < 1.29 is 14.2 Å². The molecule has 27 heavy (non-hydrogen) atoms. The van der Waals surface area contributed by atoms with Crippen molar-refractivity contribution in [3.63, 3.8) is 0 Å². The summed E-state index contributed by atoms with van der Waals surface area (Å²) in [5.41, 5.74) is 2.09. The number of aryl methyl sites for hydroxylation is 3. The highest BCUT2D eigenvalue weighted by atomic mass is 16.6. The zero-order valence-electron chi connectivity index (χ0n) is 15.6. The molecule has 1 aliphatic rings. The monoisotopic (exact) mass is 369 g/mol. The summed E-state index contributed by atoms with van der Waals surface area (Å²) in [5, 5.41) is 8.92. The normalized spacial score (nSPS) is 13.1. The summed E-state index contributed by atoms with van der Waals surface area (Å²) < 4.78 is 20.2. The lowest BCUT2D eigenvalue weighted by atomic mass is 10.2. The maximum Gasteiger partial charge on any atom is 0.163 e. The van der Waals surface area contributed by atoms with Crippen LogP contribution in [0.2, 0.25) is 0 Å². The molecule has 3 aromatic rings. The first-order valence-corrected chi connectivity index (χ1v) is 9.04. The Morgan fingerprint density at radius 3 is 2.74 bits per heavy atom. The van der Waals surface area contributed by atoms with Crippen molar-refractivity contribution in [1.29, 1.82) is 0 Å². The second-order valence-corrected chi connectivity index (χ2v) is 6.45. The van der Waals surface area contributed by atoms with Gasteiger partial charge >= 0.3 is 0 Å². The van der Waals surface area contributed by atoms with Crippen LogP contribution in [0.3, 0.4) is 0 Å². The van der Waals surface area contributed by atoms with Crippen molar-refractivity contribution in [3.8, 4) is 17.2 Å². The number of methoxy groups -OCH3 is 1. The van der Waals surface area contributed by atoms with Gasteiger partial charge in [-0.2, -0.15) is 10.2 Å². The Kier molecular flexibility index (Phi) is 5.06. The molecule has 0 unspecified atom stereocenters. The maximum atomic E-state index is 5.71. The van der Waals surface area contributed by atoms with Crippen LogP contribution in [0.4, 0.5) is 0 Å². The molecule has 0 amide bonds. The number of benzene rings is 1. The molecule has 0 aliphatic carbocycles. The Hall–Kier alpha value is -2.87. The molecule has 0 saturated heterocycles. The molecular weight excluding hydrogens is 346 g/mol. The predicted molar refractivity (Wildman–Crippen MR) is 98.5 cm³/mol. The second-order valence-electron chi connectivity index (χ2n) is 6.45. The molecule has 0 bridgehead atoms. The zero-order valence-corrected chi connectivity index (χ0v) is 15.6. The van der Waals surface area contributed by atoms with Crippen molar-refractivity contribution in [2.24, 2.45) is 7.05 Å². The van der Waals surface area contributed by atoms with Gasteiger partial charge in [-0.15, -0.1) is 0 Å². The fourth-order valence-electron chi connectivity index (χ4n) is 3.08. The zero-order chi connectivity index (χ0) is 18.6. The summed E-state index contributed by atoms with van der Waals surface area (Å²) >= 11 is 0. The summed E-state index contributed by atoms with van der Waals surface area (Å²) in [6.07, 6.45) is 6.20. The van der Waals surface area contributed by atoms with Gasteiger partial charge in [0.25, 0.3) is 0 Å². The highest BCUT2D eigenvalue weighted by molar-refractivity contribution is 5.49. The van der Waals surface area contributed by atoms with Crippen LogP contribution in [0.25, 0.3) is 5.69 Å². The lowest BCUT2D eigenvalue weighted by Gasteiger charge is -2.19. The third-order valence-electron chi connectivity index (χ3n) is 4.41. The summed E-state index contributed by atoms with van der Waals surface area (Å²) in [5.74, 6) is 3.18. The number of rotatable bonds is 7. The van der Waals surface area contributed by atoms with Gasteiger partial charge in [-0.1, -0.05) is 0 Å². The standard InChI is InChI=1S/C19H23N5O3/c1-23-13-14(12-20-23)3-6-19-21-18(7-8-25-2)22-24(19)15-4-5-16-17(11-15)27-10-9-26-16/h4-5,11-13H,3,6-10H2,1-2H3. The fraction of sp³-hybridized carbons (Fsp3) is 0.421. The number of hydrogen-bond donors (Lipinski definition) is 0. The first kappa shape index (κ1) is 17.5. The van der Waals surface area contributed by atoms with Crippen LogP contribution in [0, 0.1) is 0 Å². The van der Waals surface area contributed by atoms with E-state index in [-0.39, 0.29) is 0 Å². The number of hydrogen-bond acceptors (Lipinski definition) is 6. The summed E-state index contributed by atoms with van der Waals surface area (Å²) in [7, 11) is 3.60. The molecular formula is C19H23N5O3. The Labute approximate surface area is 157 Å². The van der Waals surface area contributed by atoms with Gasteiger partial charge in [0.1, 0.15) is 19.0 Å². The molecule has 0 radical (unpaired) electrons. The van der Waals surface area contributed by atoms with E-state index in [1.807, 2.05) is 47.0 Å². The molecule has 4 rings (SSSR count). The Balaban J connectivity index is 1.62. The van der Waals surface area contributed by atoms with Crippen molar-refractivity contribution in [3.05, 3.63) is 47.8 Å². The SMILES string of the molecule is COCCc1nc(CCc2cnn(C)c2)n(-c2ccc3c(c2)OCCO3)n1. The minimum atomic E-state index is 0.556. The molecule has 8 nitrogen and oxygen atoms in total. The van der Waals surface area contributed by atoms with Crippen molar-refractivity contribution in [2.75, 3.05) is 26.9 Å². The van der Waals surface area contributed by atoms with Gasteiger partial charge < -0.3 is 14.2 Å². The predicted octanol–water partition coefficient (Wildman–Crippen LogP) is 1.75. The van der Waals surface area contributed by atoms with E-state index in [0.29, 0.717) is 26.2 Å². The molecule has 0 atom stereocenters. The minimum absolute atomic E-state index is 0.556. The van der Waals surface area contributed by atoms with Gasteiger partial charge in [0.2, 0.25) is 0 Å². The van der Waals surface area contributed by atoms with Gasteiger partial charge in [-0.25, -0.2) is 9.67 Å². The summed E-state index contributed by atoms with van der Waals surface area (Å²) in [6, 6.07) is 5.86. The van der Waals surface area contributed by atoms with Crippen molar-refractivity contribution in [2.45, 2.75) is 19.3 Å². The van der Waals surface area contributed by atoms with Crippen LogP contribution in [-0.2, 0) is 31.0 Å². The van der Waals surface area contributed by atoms with Gasteiger partial charge in [0.15, 0.2) is 17.3 Å². The average Bonchev–Trinajstić information content (AvgIpc) is 3.30. The van der Waals surface area contributed by atoms with Crippen LogP contribution in [0.15, 0.2) is 30.6 Å². The van der Waals surface area contributed by atoms with E-state index >= 15 is 0 Å². The molecule has 1 aromatic carbocycles. The van der Waals surface area contributed by atoms with Gasteiger partial charge in [-0.05, 0) is 24.1 Å². The summed E-state index contributed by atoms with van der Waals surface area (Å²) in [4.78, 5) is 4.73. The third-order valence-corrected chi connectivity index (χ3v) is 4.41. The molecule has 2 aromatic heterocycles. The van der Waals surface area contributed by atoms with Gasteiger partial charge in [0.05, 0.1) is 18.5 Å². The Bertz CT molecular complexity index is 918. The fourth-order valence-corrected chi connectivity index (χ4v) is 3.08. The molecule has 0 fully saturated rings. The van der Waals surface area contributed by atoms with E-state index in [0.717, 1.165) is 41.7 Å². The highest BCUT2D eigenvalue weighted by Crippen LogP contribution is 2.32. The van der Waals surface area contributed by atoms with Gasteiger partial charge in [0, 0.05) is 39.3 Å². The van der Waals surface area contributed by atoms with Crippen molar-refractivity contribution in [1.82, 2.24) is 24.5 Å². The quantitative estimate of drug-likeness (QED) is 0.632. The first-order chi connectivity index (χ1) is 13.2. The Morgan fingerprint density at radius 1 is 1.11 bits per heavy atom. The maximum absolute atomic E-state index is 5.71. The van der Waals surface area contributed by atoms with E-state index in [1.54, 1.807) is 7.11 Å². The number of aromatic nitrogens is 5. The van der Waals surface area contributed by atoms with Crippen LogP contribution in [-0.4, -0.2) is 51.5 Å². The number of nitrogens with zero attached hydrogens (tertiary/aromatic N) is 5. The molecule has 0 N–H and O–H groups in total. The highest BCUT2D eigenvalue weighted by Gasteiger charge is 2.16. The number of ether oxygens (including phenoxy) is 3. The second kappa shape index (κ2) is 7.79. The van der Waals surface area contributed by atoms with Crippen LogP contribution >= 0.6 is 0 Å². The number of fused-ring (bicyclic) bond motifs is 1. The molecule has 1 aliphatic heterocycles. The van der Waals surface area contributed by atoms with E-state index in [4.69, 9.17) is 24.3 Å².